The molecule has 1 aliphatic heterocycles. The first-order valence-corrected chi connectivity index (χ1v) is 18.6. The van der Waals surface area contributed by atoms with Gasteiger partial charge < -0.3 is 14.2 Å². The number of allylic oxidation sites excluding steroid dienone is 1. The highest BCUT2D eigenvalue weighted by atomic mass is 32.2. The van der Waals surface area contributed by atoms with Crippen LogP contribution in [-0.2, 0) is 34.0 Å². The number of nitrogens with zero attached hydrogens (tertiary/aromatic N) is 3. The number of hydrogen-bond donors (Lipinski definition) is 1. The molecule has 0 spiro atoms. The van der Waals surface area contributed by atoms with Gasteiger partial charge in [-0.25, -0.2) is 28.7 Å². The molecule has 0 amide bonds. The van der Waals surface area contributed by atoms with Crippen LogP contribution in [0.2, 0.25) is 0 Å². The molecular formula is C41H42F3N3O3S. The van der Waals surface area contributed by atoms with Gasteiger partial charge in [0.15, 0.2) is 17.5 Å². The summed E-state index contributed by atoms with van der Waals surface area (Å²) in [6, 6.07) is 31.2. The topological polar surface area (TPSA) is 58.4 Å². The van der Waals surface area contributed by atoms with Gasteiger partial charge in [0.2, 0.25) is 0 Å². The fraction of sp³-hybridized carbons (Fsp3) is 0.268. The predicted octanol–water partition coefficient (Wildman–Crippen LogP) is 8.81. The largest absolute Gasteiger partial charge is 0.376 e. The second-order valence-corrected chi connectivity index (χ2v) is 15.2. The van der Waals surface area contributed by atoms with Crippen LogP contribution in [0.5, 0.6) is 0 Å². The Bertz CT molecular complexity index is 1840. The lowest BCUT2D eigenvalue weighted by molar-refractivity contribution is -0.0882. The first-order valence-electron chi connectivity index (χ1n) is 16.9. The SMILES string of the molecule is C=CC[C@@H]1[C@H](OCc2ccccc2)[C@H](n2cc(-c3cc(F)c(F)c(F)c3)nn2)[C@@H](OCc2ccccc2)[C@@H](COCc2ccccc2)[SH]1CC=C. The van der Waals surface area contributed by atoms with E-state index in [9.17, 15) is 13.2 Å². The molecule has 10 heteroatoms. The van der Waals surface area contributed by atoms with Gasteiger partial charge in [-0.1, -0.05) is 108 Å². The fourth-order valence-corrected chi connectivity index (χ4v) is 10.0. The third kappa shape index (κ3) is 8.88. The molecule has 6 rings (SSSR count). The van der Waals surface area contributed by atoms with E-state index in [0.29, 0.717) is 32.8 Å². The molecule has 1 unspecified atom stereocenters. The fourth-order valence-electron chi connectivity index (χ4n) is 6.70. The van der Waals surface area contributed by atoms with Crippen LogP contribution in [0.1, 0.15) is 29.2 Å². The van der Waals surface area contributed by atoms with Gasteiger partial charge in [0.25, 0.3) is 0 Å². The summed E-state index contributed by atoms with van der Waals surface area (Å²) in [4.78, 5) is 0. The van der Waals surface area contributed by atoms with Crippen LogP contribution in [-0.4, -0.2) is 50.1 Å². The summed E-state index contributed by atoms with van der Waals surface area (Å²) < 4.78 is 64.6. The van der Waals surface area contributed by atoms with Gasteiger partial charge in [0.05, 0.1) is 44.8 Å². The van der Waals surface area contributed by atoms with Crippen molar-refractivity contribution in [1.82, 2.24) is 15.0 Å². The van der Waals surface area contributed by atoms with E-state index in [1.54, 1.807) is 10.9 Å². The zero-order chi connectivity index (χ0) is 35.6. The number of thiol groups is 1. The molecule has 1 fully saturated rings. The van der Waals surface area contributed by atoms with Crippen LogP contribution in [0.3, 0.4) is 0 Å². The van der Waals surface area contributed by atoms with Crippen molar-refractivity contribution < 1.29 is 27.4 Å². The summed E-state index contributed by atoms with van der Waals surface area (Å²) in [7, 11) is -0.858. The smallest absolute Gasteiger partial charge is 0.194 e. The highest BCUT2D eigenvalue weighted by Crippen LogP contribution is 2.53. The summed E-state index contributed by atoms with van der Waals surface area (Å²) in [5, 5.41) is 8.75. The molecule has 51 heavy (non-hydrogen) atoms. The van der Waals surface area contributed by atoms with Crippen molar-refractivity contribution >= 4 is 10.9 Å². The van der Waals surface area contributed by atoms with Crippen molar-refractivity contribution in [1.29, 1.82) is 0 Å². The Hall–Kier alpha value is -4.48. The van der Waals surface area contributed by atoms with Gasteiger partial charge in [-0.2, -0.15) is 0 Å². The van der Waals surface area contributed by atoms with Crippen molar-refractivity contribution in [2.45, 2.75) is 55.0 Å². The highest BCUT2D eigenvalue weighted by molar-refractivity contribution is 8.18. The van der Waals surface area contributed by atoms with E-state index < -0.39 is 46.6 Å². The van der Waals surface area contributed by atoms with Gasteiger partial charge in [-0.15, -0.1) is 18.3 Å². The molecule has 4 aromatic carbocycles. The van der Waals surface area contributed by atoms with Crippen LogP contribution < -0.4 is 0 Å². The summed E-state index contributed by atoms with van der Waals surface area (Å²) >= 11 is 0. The second-order valence-electron chi connectivity index (χ2n) is 12.5. The minimum atomic E-state index is -1.54. The van der Waals surface area contributed by atoms with Crippen molar-refractivity contribution in [2.24, 2.45) is 0 Å². The van der Waals surface area contributed by atoms with E-state index in [0.717, 1.165) is 34.6 Å². The number of hydrogen-bond acceptors (Lipinski definition) is 5. The average Bonchev–Trinajstić information content (AvgIpc) is 3.65. The van der Waals surface area contributed by atoms with Crippen LogP contribution in [0.25, 0.3) is 11.3 Å². The van der Waals surface area contributed by atoms with Gasteiger partial charge >= 0.3 is 0 Å². The molecule has 0 radical (unpaired) electrons. The standard InChI is InChI=1S/C41H42F3N3O3S/c1-3-14-36-40(49-26-30-17-10-6-11-18-30)39(47-24-35(45-46-47)32-22-33(42)38(44)34(43)23-32)41(50-27-31-19-12-7-13-20-31)37(51(36)21-4-2)28-48-25-29-15-8-5-9-16-29/h3-13,15-20,22-24,36-37,39-41,51H,1-2,14,21,25-28H2/t36-,37-,39+,40+,41+/m1/s1. The summed E-state index contributed by atoms with van der Waals surface area (Å²) in [6.45, 7) is 9.75. The Kier molecular flexibility index (Phi) is 12.6. The molecular weight excluding hydrogens is 672 g/mol. The molecule has 0 aliphatic carbocycles. The lowest BCUT2D eigenvalue weighted by Crippen LogP contribution is -2.56. The lowest BCUT2D eigenvalue weighted by Gasteiger charge is -2.53. The van der Waals surface area contributed by atoms with E-state index in [4.69, 9.17) is 14.2 Å². The monoisotopic (exact) mass is 713 g/mol. The normalized spacial score (nSPS) is 22.4. The zero-order valence-electron chi connectivity index (χ0n) is 28.2. The van der Waals surface area contributed by atoms with E-state index >= 15 is 0 Å². The number of benzene rings is 4. The molecule has 6 atom stereocenters. The molecule has 5 aromatic rings. The maximum Gasteiger partial charge on any atom is 0.194 e. The van der Waals surface area contributed by atoms with Crippen LogP contribution in [0.15, 0.2) is 135 Å². The summed E-state index contributed by atoms with van der Waals surface area (Å²) in [5.74, 6) is -3.40. The predicted molar refractivity (Wildman–Crippen MR) is 197 cm³/mol. The van der Waals surface area contributed by atoms with Crippen LogP contribution >= 0.6 is 10.9 Å². The van der Waals surface area contributed by atoms with Crippen molar-refractivity contribution in [3.05, 3.63) is 169 Å². The van der Waals surface area contributed by atoms with Crippen molar-refractivity contribution in [3.8, 4) is 11.3 Å². The van der Waals surface area contributed by atoms with E-state index in [1.807, 2.05) is 103 Å². The van der Waals surface area contributed by atoms with Gasteiger partial charge in [-0.05, 0) is 41.0 Å². The third-order valence-electron chi connectivity index (χ3n) is 9.10. The Morgan fingerprint density at radius 3 is 1.76 bits per heavy atom. The van der Waals surface area contributed by atoms with Crippen molar-refractivity contribution in [3.63, 3.8) is 0 Å². The van der Waals surface area contributed by atoms with Crippen molar-refractivity contribution in [2.75, 3.05) is 12.4 Å². The maximum absolute atomic E-state index is 14.3. The Morgan fingerprint density at radius 2 is 1.24 bits per heavy atom. The molecule has 6 nitrogen and oxygen atoms in total. The summed E-state index contributed by atoms with van der Waals surface area (Å²) in [6.07, 6.45) is 5.25. The molecule has 1 saturated heterocycles. The quantitative estimate of drug-likeness (QED) is 0.0630. The Labute approximate surface area is 299 Å². The van der Waals surface area contributed by atoms with E-state index in [-0.39, 0.29) is 21.8 Å². The summed E-state index contributed by atoms with van der Waals surface area (Å²) in [5.41, 5.74) is 3.32. The molecule has 0 saturated carbocycles. The number of aromatic nitrogens is 3. The number of rotatable bonds is 16. The molecule has 0 N–H and O–H groups in total. The van der Waals surface area contributed by atoms with E-state index in [1.165, 1.54) is 0 Å². The molecule has 1 aliphatic rings. The minimum Gasteiger partial charge on any atom is -0.376 e. The van der Waals surface area contributed by atoms with Gasteiger partial charge in [0, 0.05) is 16.1 Å². The minimum absolute atomic E-state index is 0.000488. The Morgan fingerprint density at radius 1 is 0.706 bits per heavy atom. The number of ether oxygens (including phenoxy) is 3. The van der Waals surface area contributed by atoms with E-state index in [2.05, 4.69) is 23.5 Å². The number of halogens is 3. The highest BCUT2D eigenvalue weighted by Gasteiger charge is 2.51. The molecule has 0 bridgehead atoms. The third-order valence-corrected chi connectivity index (χ3v) is 12.4. The molecule has 1 aromatic heterocycles. The lowest BCUT2D eigenvalue weighted by atomic mass is 9.95. The maximum atomic E-state index is 14.3. The molecule has 2 heterocycles. The Balaban J connectivity index is 1.44. The van der Waals surface area contributed by atoms with Gasteiger partial charge in [-0.3, -0.25) is 0 Å². The van der Waals surface area contributed by atoms with Crippen LogP contribution in [0, 0.1) is 17.5 Å². The average molecular weight is 714 g/mol. The zero-order valence-corrected chi connectivity index (χ0v) is 29.1. The first kappa shape index (κ1) is 36.3. The van der Waals surface area contributed by atoms with Gasteiger partial charge in [0.1, 0.15) is 11.7 Å². The second kappa shape index (κ2) is 17.6. The van der Waals surface area contributed by atoms with Crippen LogP contribution in [0.4, 0.5) is 13.2 Å². The first-order chi connectivity index (χ1) is 25.0. The molecule has 266 valence electrons.